The molecule has 1 aliphatic carbocycles. The Hall–Kier alpha value is -0.620. The molecule has 0 aliphatic heterocycles. The molecule has 1 rings (SSSR count). The van der Waals surface area contributed by atoms with Gasteiger partial charge in [-0.1, -0.05) is 12.8 Å². The molecule has 0 aromatic heterocycles. The summed E-state index contributed by atoms with van der Waals surface area (Å²) in [6.45, 7) is 0.426. The normalized spacial score (nSPS) is 19.2. The molecule has 0 aromatic carbocycles. The van der Waals surface area contributed by atoms with Crippen molar-refractivity contribution in [2.45, 2.75) is 38.1 Å². The first-order chi connectivity index (χ1) is 7.92. The first-order valence-electron chi connectivity index (χ1n) is 6.09. The van der Waals surface area contributed by atoms with Crippen molar-refractivity contribution in [1.29, 1.82) is 0 Å². The Morgan fingerprint density at radius 3 is 2.47 bits per heavy atom. The van der Waals surface area contributed by atoms with Gasteiger partial charge < -0.3 is 11.1 Å². The molecule has 1 saturated carbocycles. The van der Waals surface area contributed by atoms with Gasteiger partial charge in [0.1, 0.15) is 9.84 Å². The third kappa shape index (κ3) is 5.50. The molecule has 17 heavy (non-hydrogen) atoms. The minimum absolute atomic E-state index is 0.00422. The van der Waals surface area contributed by atoms with Gasteiger partial charge in [-0.15, -0.1) is 0 Å². The predicted octanol–water partition coefficient (Wildman–Crippen LogP) is 0.0548. The van der Waals surface area contributed by atoms with E-state index in [9.17, 15) is 13.2 Å². The summed E-state index contributed by atoms with van der Waals surface area (Å²) in [5.74, 6) is 0.154. The molecule has 0 spiro atoms. The molecule has 100 valence electrons. The largest absolute Gasteiger partial charge is 0.352 e. The average Bonchev–Trinajstić information content (AvgIpc) is 2.75. The third-order valence-corrected chi connectivity index (χ3v) is 4.21. The number of amides is 1. The topological polar surface area (TPSA) is 89.3 Å². The summed E-state index contributed by atoms with van der Waals surface area (Å²) in [6, 6.07) is 0.00422. The zero-order valence-corrected chi connectivity index (χ0v) is 11.1. The van der Waals surface area contributed by atoms with Gasteiger partial charge in [-0.2, -0.15) is 0 Å². The van der Waals surface area contributed by atoms with Gasteiger partial charge in [-0.25, -0.2) is 8.42 Å². The van der Waals surface area contributed by atoms with Crippen molar-refractivity contribution in [2.75, 3.05) is 18.6 Å². The van der Waals surface area contributed by atoms with Crippen LogP contribution in [-0.2, 0) is 14.6 Å². The number of nitrogens with two attached hydrogens (primary N) is 1. The fourth-order valence-electron chi connectivity index (χ4n) is 2.29. The van der Waals surface area contributed by atoms with Crippen LogP contribution in [-0.4, -0.2) is 38.9 Å². The van der Waals surface area contributed by atoms with Crippen molar-refractivity contribution in [3.8, 4) is 0 Å². The highest BCUT2D eigenvalue weighted by Crippen LogP contribution is 2.27. The summed E-state index contributed by atoms with van der Waals surface area (Å²) < 4.78 is 21.9. The van der Waals surface area contributed by atoms with E-state index in [0.29, 0.717) is 12.5 Å². The first-order valence-corrected chi connectivity index (χ1v) is 8.15. The molecule has 3 N–H and O–H groups in total. The fraction of sp³-hybridized carbons (Fsp3) is 0.909. The van der Waals surface area contributed by atoms with Crippen LogP contribution in [0.15, 0.2) is 0 Å². The summed E-state index contributed by atoms with van der Waals surface area (Å²) in [4.78, 5) is 11.6. The van der Waals surface area contributed by atoms with E-state index in [1.54, 1.807) is 0 Å². The van der Waals surface area contributed by atoms with E-state index in [4.69, 9.17) is 5.73 Å². The molecule has 1 unspecified atom stereocenters. The molecular weight excluding hydrogens is 240 g/mol. The molecule has 0 bridgehead atoms. The highest BCUT2D eigenvalue weighted by Gasteiger charge is 2.25. The third-order valence-electron chi connectivity index (χ3n) is 3.27. The highest BCUT2D eigenvalue weighted by molar-refractivity contribution is 7.90. The lowest BCUT2D eigenvalue weighted by atomic mass is 9.98. The van der Waals surface area contributed by atoms with E-state index in [2.05, 4.69) is 5.32 Å². The van der Waals surface area contributed by atoms with E-state index in [-0.39, 0.29) is 24.1 Å². The second-order valence-corrected chi connectivity index (χ2v) is 7.09. The zero-order valence-electron chi connectivity index (χ0n) is 10.3. The summed E-state index contributed by atoms with van der Waals surface area (Å²) in [6.07, 6.45) is 5.77. The van der Waals surface area contributed by atoms with Crippen LogP contribution >= 0.6 is 0 Å². The molecular formula is C11H22N2O3S. The lowest BCUT2D eigenvalue weighted by molar-refractivity contribution is -0.121. The van der Waals surface area contributed by atoms with Crippen LogP contribution in [0.2, 0.25) is 0 Å². The Bertz CT molecular complexity index is 348. The van der Waals surface area contributed by atoms with E-state index in [1.165, 1.54) is 12.8 Å². The Labute approximate surface area is 103 Å². The van der Waals surface area contributed by atoms with Gasteiger partial charge in [-0.3, -0.25) is 4.79 Å². The van der Waals surface area contributed by atoms with E-state index < -0.39 is 9.84 Å². The van der Waals surface area contributed by atoms with Gasteiger partial charge in [0, 0.05) is 25.3 Å². The van der Waals surface area contributed by atoms with Gasteiger partial charge >= 0.3 is 0 Å². The van der Waals surface area contributed by atoms with Crippen molar-refractivity contribution in [3.63, 3.8) is 0 Å². The van der Waals surface area contributed by atoms with Crippen molar-refractivity contribution < 1.29 is 13.2 Å². The fourth-order valence-corrected chi connectivity index (χ4v) is 2.84. The van der Waals surface area contributed by atoms with Crippen LogP contribution < -0.4 is 11.1 Å². The zero-order chi connectivity index (χ0) is 12.9. The molecule has 1 amide bonds. The maximum atomic E-state index is 11.6. The summed E-state index contributed by atoms with van der Waals surface area (Å²) in [5.41, 5.74) is 5.65. The number of nitrogens with one attached hydrogen (secondary N) is 1. The van der Waals surface area contributed by atoms with Crippen LogP contribution in [0.1, 0.15) is 32.1 Å². The summed E-state index contributed by atoms with van der Waals surface area (Å²) in [5, 5.41) is 2.85. The Balaban J connectivity index is 2.37. The Morgan fingerprint density at radius 1 is 1.41 bits per heavy atom. The lowest BCUT2D eigenvalue weighted by Gasteiger charge is -2.23. The number of hydrogen-bond donors (Lipinski definition) is 2. The molecule has 1 fully saturated rings. The van der Waals surface area contributed by atoms with Gasteiger partial charge in [0.2, 0.25) is 5.91 Å². The van der Waals surface area contributed by atoms with Gasteiger partial charge in [-0.05, 0) is 18.8 Å². The maximum absolute atomic E-state index is 11.6. The van der Waals surface area contributed by atoms with E-state index >= 15 is 0 Å². The molecule has 6 heteroatoms. The van der Waals surface area contributed by atoms with E-state index in [1.807, 2.05) is 0 Å². The quantitative estimate of drug-likeness (QED) is 0.708. The number of hydrogen-bond acceptors (Lipinski definition) is 4. The van der Waals surface area contributed by atoms with Crippen LogP contribution in [0.4, 0.5) is 0 Å². The second kappa shape index (κ2) is 6.35. The lowest BCUT2D eigenvalue weighted by Crippen LogP contribution is -2.44. The molecule has 0 aromatic rings. The van der Waals surface area contributed by atoms with Gasteiger partial charge in [0.15, 0.2) is 0 Å². The van der Waals surface area contributed by atoms with Crippen LogP contribution in [0.3, 0.4) is 0 Å². The molecule has 1 aliphatic rings. The minimum atomic E-state index is -3.07. The number of rotatable bonds is 6. The maximum Gasteiger partial charge on any atom is 0.221 e. The Kier molecular flexibility index (Phi) is 5.39. The van der Waals surface area contributed by atoms with Crippen molar-refractivity contribution in [2.24, 2.45) is 11.7 Å². The number of carbonyl (C=O) groups excluding carboxylic acids is 1. The Morgan fingerprint density at radius 2 is 2.00 bits per heavy atom. The smallest absolute Gasteiger partial charge is 0.221 e. The standard InChI is InChI=1S/C11H22N2O3S/c1-17(15,16)7-6-11(14)13-10(8-12)9-4-2-3-5-9/h9-10H,2-8,12H2,1H3,(H,13,14). The molecule has 1 atom stereocenters. The molecule has 5 nitrogen and oxygen atoms in total. The van der Waals surface area contributed by atoms with E-state index in [0.717, 1.165) is 19.1 Å². The second-order valence-electron chi connectivity index (χ2n) is 4.83. The first kappa shape index (κ1) is 14.4. The van der Waals surface area contributed by atoms with Crippen molar-refractivity contribution in [3.05, 3.63) is 0 Å². The summed E-state index contributed by atoms with van der Waals surface area (Å²) in [7, 11) is -3.07. The van der Waals surface area contributed by atoms with Gasteiger partial charge in [0.05, 0.1) is 5.75 Å². The number of sulfone groups is 1. The predicted molar refractivity (Wildman–Crippen MR) is 67.3 cm³/mol. The van der Waals surface area contributed by atoms with Crippen LogP contribution in [0.5, 0.6) is 0 Å². The van der Waals surface area contributed by atoms with Crippen molar-refractivity contribution >= 4 is 15.7 Å². The van der Waals surface area contributed by atoms with Crippen molar-refractivity contribution in [1.82, 2.24) is 5.32 Å². The van der Waals surface area contributed by atoms with Gasteiger partial charge in [0.25, 0.3) is 0 Å². The van der Waals surface area contributed by atoms with Crippen LogP contribution in [0.25, 0.3) is 0 Å². The summed E-state index contributed by atoms with van der Waals surface area (Å²) >= 11 is 0. The molecule has 0 heterocycles. The monoisotopic (exact) mass is 262 g/mol. The van der Waals surface area contributed by atoms with Crippen LogP contribution in [0, 0.1) is 5.92 Å². The average molecular weight is 262 g/mol. The molecule has 0 saturated heterocycles. The number of carbonyl (C=O) groups is 1. The molecule has 0 radical (unpaired) electrons. The highest BCUT2D eigenvalue weighted by atomic mass is 32.2. The SMILES string of the molecule is CS(=O)(=O)CCC(=O)NC(CN)C1CCCC1. The minimum Gasteiger partial charge on any atom is -0.352 e.